The fourth-order valence-corrected chi connectivity index (χ4v) is 9.70. The average Bonchev–Trinajstić information content (AvgIpc) is 3.89. The molecule has 11 rings (SSSR count). The van der Waals surface area contributed by atoms with Crippen LogP contribution in [-0.4, -0.2) is 9.13 Å². The molecule has 2 aromatic heterocycles. The van der Waals surface area contributed by atoms with Crippen LogP contribution in [0.25, 0.3) is 99.5 Å². The highest BCUT2D eigenvalue weighted by atomic mass is 19.4. The second-order valence-electron chi connectivity index (χ2n) is 16.4. The van der Waals surface area contributed by atoms with E-state index in [1.807, 2.05) is 127 Å². The maximum atomic E-state index is 15.0. The van der Waals surface area contributed by atoms with Gasteiger partial charge < -0.3 is 9.13 Å². The largest absolute Gasteiger partial charge is 0.417 e. The number of fused-ring (bicyclic) bond motifs is 6. The smallest absolute Gasteiger partial charge is 0.309 e. The normalized spacial score (nSPS) is 11.4. The molecule has 318 valence electrons. The van der Waals surface area contributed by atoms with Crippen LogP contribution in [0.1, 0.15) is 27.8 Å². The van der Waals surface area contributed by atoms with Gasteiger partial charge in [-0.1, -0.05) is 97.1 Å². The summed E-state index contributed by atoms with van der Waals surface area (Å²) in [5, 5.41) is 43.8. The third kappa shape index (κ3) is 6.63. The third-order valence-electron chi connectivity index (χ3n) is 12.7. The molecule has 0 aliphatic carbocycles. The highest BCUT2D eigenvalue weighted by Gasteiger charge is 2.34. The maximum absolute atomic E-state index is 15.0. The van der Waals surface area contributed by atoms with E-state index in [9.17, 15) is 34.2 Å². The van der Waals surface area contributed by atoms with Crippen LogP contribution >= 0.6 is 0 Å². The van der Waals surface area contributed by atoms with E-state index < -0.39 is 11.7 Å². The summed E-state index contributed by atoms with van der Waals surface area (Å²) in [6.45, 7) is 0. The predicted molar refractivity (Wildman–Crippen MR) is 261 cm³/mol. The van der Waals surface area contributed by atoms with Gasteiger partial charge >= 0.3 is 6.18 Å². The van der Waals surface area contributed by atoms with E-state index in [2.05, 4.69) is 39.5 Å². The van der Waals surface area contributed by atoms with Gasteiger partial charge in [0.1, 0.15) is 0 Å². The molecule has 9 aromatic carbocycles. The molecule has 68 heavy (non-hydrogen) atoms. The summed E-state index contributed by atoms with van der Waals surface area (Å²) in [5.41, 5.74) is 9.56. The minimum atomic E-state index is -4.78. The van der Waals surface area contributed by atoms with Crippen LogP contribution in [0.2, 0.25) is 0 Å². The summed E-state index contributed by atoms with van der Waals surface area (Å²) >= 11 is 0. The minimum absolute atomic E-state index is 0.104. The first-order valence-electron chi connectivity index (χ1n) is 21.6. The van der Waals surface area contributed by atoms with Crippen molar-refractivity contribution in [2.75, 3.05) is 0 Å². The molecule has 0 saturated carbocycles. The van der Waals surface area contributed by atoms with Gasteiger partial charge in [0.15, 0.2) is 0 Å². The number of aromatic nitrogens is 2. The van der Waals surface area contributed by atoms with Gasteiger partial charge in [-0.25, -0.2) is 0 Å². The summed E-state index contributed by atoms with van der Waals surface area (Å²) in [6, 6.07) is 65.9. The molecular weight excluding hydrogens is 850 g/mol. The number of rotatable bonds is 6. The fraction of sp³-hybridized carbons (Fsp3) is 0.0169. The van der Waals surface area contributed by atoms with Gasteiger partial charge in [0.05, 0.1) is 85.5 Å². The molecule has 0 amide bonds. The molecule has 0 saturated heterocycles. The zero-order valence-corrected chi connectivity index (χ0v) is 35.7. The molecule has 0 aliphatic heterocycles. The van der Waals surface area contributed by atoms with Crippen LogP contribution in [0.3, 0.4) is 0 Å². The topological polar surface area (TPSA) is 105 Å². The Morgan fingerprint density at radius 1 is 0.338 bits per heavy atom. The zero-order valence-electron chi connectivity index (χ0n) is 35.7. The van der Waals surface area contributed by atoms with E-state index >= 15 is 0 Å². The fourth-order valence-electron chi connectivity index (χ4n) is 9.70. The summed E-state index contributed by atoms with van der Waals surface area (Å²) < 4.78 is 49.1. The van der Waals surface area contributed by atoms with Crippen LogP contribution in [0.15, 0.2) is 188 Å². The Labute approximate surface area is 387 Å². The van der Waals surface area contributed by atoms with Crippen molar-refractivity contribution in [3.63, 3.8) is 0 Å². The van der Waals surface area contributed by atoms with Crippen molar-refractivity contribution >= 4 is 43.6 Å². The summed E-state index contributed by atoms with van der Waals surface area (Å²) in [4.78, 5) is 0. The monoisotopic (exact) mass is 880 g/mol. The molecule has 0 spiro atoms. The van der Waals surface area contributed by atoms with Crippen molar-refractivity contribution in [1.82, 2.24) is 9.13 Å². The Morgan fingerprint density at radius 2 is 0.765 bits per heavy atom. The molecule has 0 unspecified atom stereocenters. The number of alkyl halides is 3. The van der Waals surface area contributed by atoms with Crippen LogP contribution in [0.4, 0.5) is 13.2 Å². The molecule has 11 aromatic rings. The maximum Gasteiger partial charge on any atom is 0.417 e. The van der Waals surface area contributed by atoms with E-state index in [-0.39, 0.29) is 16.7 Å². The lowest BCUT2D eigenvalue weighted by molar-refractivity contribution is -0.137. The summed E-state index contributed by atoms with van der Waals surface area (Å²) in [5.74, 6) is 0. The molecule has 0 aliphatic rings. The lowest BCUT2D eigenvalue weighted by Crippen LogP contribution is -2.08. The van der Waals surface area contributed by atoms with E-state index in [0.29, 0.717) is 39.2 Å². The van der Waals surface area contributed by atoms with Gasteiger partial charge in [-0.05, 0) is 124 Å². The molecule has 0 atom stereocenters. The van der Waals surface area contributed by atoms with Crippen molar-refractivity contribution in [3.05, 3.63) is 216 Å². The Kier molecular flexibility index (Phi) is 9.72. The first-order chi connectivity index (χ1) is 33.2. The Bertz CT molecular complexity index is 4090. The number of para-hydroxylation sites is 2. The standard InChI is InChI=1S/C59H31F3N6/c60-59(61,62)52-28-37(33-64)17-22-45(52)40-21-26-58(68-54-16-8-6-14-47(54)50-30-39(20-25-57(50)68)44-12-4-2-10-42(44)35-66)51(31-40)48-27-36(32-63)18-23-55(48)67-53-15-7-5-13-46(53)49-29-38(19-24-56(49)67)43-11-3-1-9-41(43)34-65/h1-31H. The number of hydrogen-bond acceptors (Lipinski definition) is 4. The average molecular weight is 881 g/mol. The van der Waals surface area contributed by atoms with Gasteiger partial charge in [0, 0.05) is 32.7 Å². The van der Waals surface area contributed by atoms with Gasteiger partial charge in [0.25, 0.3) is 0 Å². The van der Waals surface area contributed by atoms with Crippen molar-refractivity contribution in [1.29, 1.82) is 21.0 Å². The van der Waals surface area contributed by atoms with Gasteiger partial charge in [-0.2, -0.15) is 34.2 Å². The zero-order chi connectivity index (χ0) is 46.7. The molecule has 6 nitrogen and oxygen atoms in total. The number of nitriles is 4. The van der Waals surface area contributed by atoms with Crippen molar-refractivity contribution in [2.45, 2.75) is 6.18 Å². The van der Waals surface area contributed by atoms with E-state index in [0.717, 1.165) is 71.9 Å². The predicted octanol–water partition coefficient (Wildman–Crippen LogP) is 15.1. The highest BCUT2D eigenvalue weighted by molar-refractivity contribution is 6.13. The lowest BCUT2D eigenvalue weighted by atomic mass is 9.92. The van der Waals surface area contributed by atoms with Crippen LogP contribution in [-0.2, 0) is 6.18 Å². The van der Waals surface area contributed by atoms with E-state index in [1.54, 1.807) is 36.4 Å². The Morgan fingerprint density at radius 3 is 1.29 bits per heavy atom. The van der Waals surface area contributed by atoms with Crippen LogP contribution in [0, 0.1) is 45.3 Å². The quantitative estimate of drug-likeness (QED) is 0.166. The minimum Gasteiger partial charge on any atom is -0.309 e. The summed E-state index contributed by atoms with van der Waals surface area (Å²) in [7, 11) is 0. The first kappa shape index (κ1) is 41.1. The number of hydrogen-bond donors (Lipinski definition) is 0. The first-order valence-corrected chi connectivity index (χ1v) is 21.6. The number of halogens is 3. The third-order valence-corrected chi connectivity index (χ3v) is 12.7. The van der Waals surface area contributed by atoms with E-state index in [1.165, 1.54) is 12.1 Å². The number of nitrogens with zero attached hydrogens (tertiary/aromatic N) is 6. The second-order valence-corrected chi connectivity index (χ2v) is 16.4. The molecule has 9 heteroatoms. The molecule has 0 radical (unpaired) electrons. The Balaban J connectivity index is 1.23. The van der Waals surface area contributed by atoms with Gasteiger partial charge in [-0.3, -0.25) is 0 Å². The van der Waals surface area contributed by atoms with Crippen molar-refractivity contribution < 1.29 is 13.2 Å². The molecule has 2 heterocycles. The molecule has 0 N–H and O–H groups in total. The van der Waals surface area contributed by atoms with Gasteiger partial charge in [0.2, 0.25) is 0 Å². The van der Waals surface area contributed by atoms with Crippen LogP contribution in [0.5, 0.6) is 0 Å². The molecular formula is C59H31F3N6. The molecule has 0 fully saturated rings. The van der Waals surface area contributed by atoms with Crippen molar-refractivity contribution in [2.24, 2.45) is 0 Å². The number of benzene rings is 9. The molecule has 0 bridgehead atoms. The van der Waals surface area contributed by atoms with Gasteiger partial charge in [-0.15, -0.1) is 0 Å². The summed E-state index contributed by atoms with van der Waals surface area (Å²) in [6.07, 6.45) is -4.78. The second kappa shape index (κ2) is 16.1. The SMILES string of the molecule is N#Cc1ccc(-n2c3ccccc3c3cc(-c4ccccc4C#N)ccc32)c(-c2cc(-c3ccc(C#N)cc3C(F)(F)F)ccc2-n2c3ccccc3c3cc(-c4ccccc4C#N)ccc32)c1. The van der Waals surface area contributed by atoms with Crippen molar-refractivity contribution in [3.8, 4) is 80.2 Å². The Hall–Kier alpha value is -9.67. The van der Waals surface area contributed by atoms with E-state index in [4.69, 9.17) is 0 Å². The highest BCUT2D eigenvalue weighted by Crippen LogP contribution is 2.45. The van der Waals surface area contributed by atoms with Crippen LogP contribution < -0.4 is 0 Å². The lowest BCUT2D eigenvalue weighted by Gasteiger charge is -2.21.